The summed E-state index contributed by atoms with van der Waals surface area (Å²) in [6, 6.07) is 18.9. The van der Waals surface area contributed by atoms with E-state index in [1.165, 1.54) is 5.56 Å². The SMILES string of the molecule is CC(c1cc[cH-]c1)n1cc[n+](C)c1.O=S(=O)([N-]S(=O)(=O)C(F)(F)F)C(F)(F)F.[Fe+2].c1cc[cH-]c1. The zero-order chi connectivity index (χ0) is 25.5. The van der Waals surface area contributed by atoms with E-state index >= 15 is 0 Å². The number of hydrogen-bond donors (Lipinski definition) is 0. The smallest absolute Gasteiger partial charge is 0.421 e. The molecule has 0 N–H and O–H groups in total. The summed E-state index contributed by atoms with van der Waals surface area (Å²) in [5, 5.41) is 0. The molecule has 0 aliphatic rings. The van der Waals surface area contributed by atoms with Crippen molar-refractivity contribution in [2.45, 2.75) is 24.0 Å². The number of rotatable bonds is 4. The molecule has 7 nitrogen and oxygen atoms in total. The van der Waals surface area contributed by atoms with Crippen LogP contribution in [-0.4, -0.2) is 32.4 Å². The maximum Gasteiger partial charge on any atom is 2.00 e. The Morgan fingerprint density at radius 2 is 1.44 bits per heavy atom. The molecular weight excluding hydrogens is 556 g/mol. The molecule has 3 aromatic rings. The van der Waals surface area contributed by atoms with Gasteiger partial charge >= 0.3 is 28.1 Å². The topological polar surface area (TPSA) is 91.2 Å². The van der Waals surface area contributed by atoms with E-state index in [1.807, 2.05) is 37.4 Å². The molecule has 1 unspecified atom stereocenters. The summed E-state index contributed by atoms with van der Waals surface area (Å²) in [6.07, 6.45) is 6.24. The second kappa shape index (κ2) is 12.5. The number of hydrogen-bond acceptors (Lipinski definition) is 4. The second-order valence-electron chi connectivity index (χ2n) is 6.30. The Balaban J connectivity index is 0.000000520. The van der Waals surface area contributed by atoms with E-state index in [0.717, 1.165) is 4.13 Å². The van der Waals surface area contributed by atoms with Gasteiger partial charge in [-0.25, -0.2) is 44.2 Å². The number of aromatic nitrogens is 2. The molecule has 0 saturated carbocycles. The third kappa shape index (κ3) is 9.62. The van der Waals surface area contributed by atoms with Gasteiger partial charge in [0.05, 0.1) is 13.1 Å². The maximum absolute atomic E-state index is 11.4. The summed E-state index contributed by atoms with van der Waals surface area (Å²) in [6.45, 7) is 2.20. The average molecular weight is 575 g/mol. The van der Waals surface area contributed by atoms with Crippen LogP contribution in [0.5, 0.6) is 0 Å². The molecule has 3 rings (SSSR count). The Morgan fingerprint density at radius 1 is 0.941 bits per heavy atom. The molecule has 0 radical (unpaired) electrons. The van der Waals surface area contributed by atoms with Gasteiger partial charge in [0, 0.05) is 0 Å². The summed E-state index contributed by atoms with van der Waals surface area (Å²) in [5.41, 5.74) is -11.0. The van der Waals surface area contributed by atoms with Gasteiger partial charge in [0.1, 0.15) is 12.4 Å². The van der Waals surface area contributed by atoms with E-state index < -0.39 is 31.1 Å². The van der Waals surface area contributed by atoms with Crippen LogP contribution in [0.3, 0.4) is 0 Å². The summed E-state index contributed by atoms with van der Waals surface area (Å²) >= 11 is 0. The van der Waals surface area contributed by atoms with Gasteiger partial charge in [0.15, 0.2) is 20.0 Å². The molecule has 16 heteroatoms. The van der Waals surface area contributed by atoms with Crippen LogP contribution in [0.15, 0.2) is 73.3 Å². The summed E-state index contributed by atoms with van der Waals surface area (Å²) in [5.74, 6) is 0. The standard InChI is InChI=1S/C11H14N2.C5H5.C2F6NO4S2.Fe/c1-10(11-5-3-4-6-11)13-8-7-12(2)9-13;1-2-4-5-3-1;3-1(4,5)14(10,11)9-15(12,13)2(6,7)8;/h3-10H,1-2H3;1-5H;;/q;2*-1;+2. The molecule has 0 bridgehead atoms. The van der Waals surface area contributed by atoms with E-state index in [9.17, 15) is 43.2 Å². The van der Waals surface area contributed by atoms with Crippen molar-refractivity contribution < 1.29 is 64.8 Å². The zero-order valence-corrected chi connectivity index (χ0v) is 20.2. The first-order chi connectivity index (χ1) is 15.0. The minimum Gasteiger partial charge on any atom is -0.421 e. The van der Waals surface area contributed by atoms with Crippen LogP contribution in [0.4, 0.5) is 26.3 Å². The Labute approximate surface area is 203 Å². The van der Waals surface area contributed by atoms with Gasteiger partial charge in [0.2, 0.25) is 6.33 Å². The normalized spacial score (nSPS) is 12.9. The fourth-order valence-corrected chi connectivity index (χ4v) is 3.78. The van der Waals surface area contributed by atoms with Crippen LogP contribution < -0.4 is 4.57 Å². The van der Waals surface area contributed by atoms with E-state index in [-0.39, 0.29) is 17.1 Å². The van der Waals surface area contributed by atoms with E-state index in [4.69, 9.17) is 0 Å². The molecule has 0 aliphatic heterocycles. The van der Waals surface area contributed by atoms with Crippen LogP contribution in [0.2, 0.25) is 0 Å². The van der Waals surface area contributed by atoms with E-state index in [1.54, 1.807) is 0 Å². The molecule has 0 fully saturated rings. The first-order valence-corrected chi connectivity index (χ1v) is 11.6. The zero-order valence-electron chi connectivity index (χ0n) is 17.4. The molecule has 34 heavy (non-hydrogen) atoms. The molecule has 0 saturated heterocycles. The number of aryl methyl sites for hydroxylation is 1. The number of imidazole rings is 1. The molecule has 192 valence electrons. The van der Waals surface area contributed by atoms with Gasteiger partial charge in [-0.3, -0.25) is 0 Å². The summed E-state index contributed by atoms with van der Waals surface area (Å²) < 4.78 is 113. The monoisotopic (exact) mass is 575 g/mol. The molecule has 0 aliphatic carbocycles. The van der Waals surface area contributed by atoms with Crippen LogP contribution >= 0.6 is 0 Å². The molecule has 0 amide bonds. The van der Waals surface area contributed by atoms with Gasteiger partial charge in [-0.15, -0.1) is 0 Å². The van der Waals surface area contributed by atoms with E-state index in [2.05, 4.69) is 59.0 Å². The van der Waals surface area contributed by atoms with Crippen LogP contribution in [0.1, 0.15) is 18.5 Å². The Morgan fingerprint density at radius 3 is 1.74 bits per heavy atom. The first-order valence-electron chi connectivity index (χ1n) is 8.76. The van der Waals surface area contributed by atoms with Crippen molar-refractivity contribution in [3.05, 3.63) is 83.0 Å². The minimum atomic E-state index is -6.72. The Hall–Kier alpha value is -2.13. The quantitative estimate of drug-likeness (QED) is 0.203. The van der Waals surface area contributed by atoms with Crippen molar-refractivity contribution in [3.63, 3.8) is 0 Å². The van der Waals surface area contributed by atoms with Crippen LogP contribution in [0.25, 0.3) is 4.13 Å². The summed E-state index contributed by atoms with van der Waals surface area (Å²) in [7, 11) is -11.4. The Kier molecular flexibility index (Phi) is 11.8. The largest absolute Gasteiger partial charge is 2.00 e. The maximum atomic E-state index is 11.4. The number of halogens is 6. The molecule has 1 heterocycles. The fourth-order valence-electron chi connectivity index (χ4n) is 2.07. The molecular formula is C18H19F6FeN3O4S2. The molecule has 1 atom stereocenters. The second-order valence-corrected chi connectivity index (χ2v) is 9.72. The third-order valence-corrected chi connectivity index (χ3v) is 6.48. The van der Waals surface area contributed by atoms with Gasteiger partial charge in [-0.1, -0.05) is 0 Å². The summed E-state index contributed by atoms with van der Waals surface area (Å²) in [4.78, 5) is 0. The Bertz CT molecular complexity index is 1110. The number of sulfonamides is 2. The molecule has 0 spiro atoms. The van der Waals surface area contributed by atoms with Crippen molar-refractivity contribution >= 4 is 20.0 Å². The van der Waals surface area contributed by atoms with Gasteiger partial charge in [0.25, 0.3) is 0 Å². The van der Waals surface area contributed by atoms with Crippen molar-refractivity contribution in [2.75, 3.05) is 0 Å². The van der Waals surface area contributed by atoms with Gasteiger partial charge in [-0.05, 0) is 6.92 Å². The predicted molar refractivity (Wildman–Crippen MR) is 107 cm³/mol. The fraction of sp³-hybridized carbons (Fsp3) is 0.278. The molecule has 1 aromatic heterocycles. The predicted octanol–water partition coefficient (Wildman–Crippen LogP) is 4.10. The van der Waals surface area contributed by atoms with E-state index in [0.29, 0.717) is 6.04 Å². The first kappa shape index (κ1) is 31.9. The van der Waals surface area contributed by atoms with Crippen molar-refractivity contribution in [2.24, 2.45) is 7.05 Å². The number of nitrogens with zero attached hydrogens (tertiary/aromatic N) is 3. The van der Waals surface area contributed by atoms with Crippen molar-refractivity contribution in [1.82, 2.24) is 4.57 Å². The van der Waals surface area contributed by atoms with Crippen LogP contribution in [0, 0.1) is 0 Å². The van der Waals surface area contributed by atoms with Gasteiger partial charge in [-0.2, -0.15) is 68.3 Å². The van der Waals surface area contributed by atoms with Crippen molar-refractivity contribution in [1.29, 1.82) is 0 Å². The average Bonchev–Trinajstić information content (AvgIpc) is 3.43. The van der Waals surface area contributed by atoms with Crippen LogP contribution in [-0.2, 0) is 44.2 Å². The number of alkyl halides is 6. The van der Waals surface area contributed by atoms with Gasteiger partial charge < -0.3 is 4.13 Å². The third-order valence-electron chi connectivity index (χ3n) is 3.74. The van der Waals surface area contributed by atoms with Crippen molar-refractivity contribution in [3.8, 4) is 0 Å². The molecule has 2 aromatic carbocycles. The minimum absolute atomic E-state index is 0.